The minimum Gasteiger partial charge on any atom is -0.452 e. The van der Waals surface area contributed by atoms with Crippen molar-refractivity contribution in [3.63, 3.8) is 0 Å². The zero-order valence-electron chi connectivity index (χ0n) is 12.8. The first-order valence-electron chi connectivity index (χ1n) is 6.94. The Morgan fingerprint density at radius 1 is 1.21 bits per heavy atom. The Morgan fingerprint density at radius 3 is 2.62 bits per heavy atom. The van der Waals surface area contributed by atoms with Gasteiger partial charge in [0.25, 0.3) is 5.91 Å². The number of halogens is 2. The summed E-state index contributed by atoms with van der Waals surface area (Å²) in [5, 5.41) is 1.90. The number of rotatable bonds is 7. The first kappa shape index (κ1) is 17.9. The van der Waals surface area contributed by atoms with Crippen LogP contribution in [0.5, 0.6) is 5.75 Å². The van der Waals surface area contributed by atoms with Crippen LogP contribution in [0.15, 0.2) is 41.8 Å². The Kier molecular flexibility index (Phi) is 6.25. The summed E-state index contributed by atoms with van der Waals surface area (Å²) >= 11 is 1.51. The van der Waals surface area contributed by atoms with Crippen molar-refractivity contribution in [2.75, 3.05) is 13.7 Å². The Balaban J connectivity index is 1.92. The van der Waals surface area contributed by atoms with Gasteiger partial charge in [-0.1, -0.05) is 18.2 Å². The zero-order chi connectivity index (χ0) is 17.5. The molecule has 0 saturated carbocycles. The number of alkyl halides is 2. The number of benzene rings is 1. The average Bonchev–Trinajstić information content (AvgIpc) is 3.05. The van der Waals surface area contributed by atoms with Gasteiger partial charge in [-0.15, -0.1) is 11.3 Å². The van der Waals surface area contributed by atoms with E-state index < -0.39 is 25.1 Å². The first-order chi connectivity index (χ1) is 11.5. The Morgan fingerprint density at radius 2 is 1.96 bits per heavy atom. The molecule has 5 nitrogen and oxygen atoms in total. The third-order valence-corrected chi connectivity index (χ3v) is 3.91. The van der Waals surface area contributed by atoms with Gasteiger partial charge in [0.15, 0.2) is 6.61 Å². The number of carbonyl (C=O) groups is 2. The van der Waals surface area contributed by atoms with E-state index in [1.165, 1.54) is 40.5 Å². The van der Waals surface area contributed by atoms with Crippen molar-refractivity contribution in [3.8, 4) is 5.75 Å². The van der Waals surface area contributed by atoms with Crippen molar-refractivity contribution in [3.05, 3.63) is 52.2 Å². The molecule has 0 radical (unpaired) electrons. The largest absolute Gasteiger partial charge is 0.452 e. The van der Waals surface area contributed by atoms with Crippen LogP contribution in [0.2, 0.25) is 0 Å². The Labute approximate surface area is 141 Å². The maximum Gasteiger partial charge on any atom is 0.387 e. The summed E-state index contributed by atoms with van der Waals surface area (Å²) < 4.78 is 33.8. The minimum atomic E-state index is -3.06. The van der Waals surface area contributed by atoms with Gasteiger partial charge in [0, 0.05) is 11.9 Å². The van der Waals surface area contributed by atoms with Crippen LogP contribution in [0.4, 0.5) is 8.78 Å². The predicted molar refractivity (Wildman–Crippen MR) is 84.1 cm³/mol. The van der Waals surface area contributed by atoms with Crippen LogP contribution in [-0.2, 0) is 16.1 Å². The average molecular weight is 355 g/mol. The van der Waals surface area contributed by atoms with E-state index in [4.69, 9.17) is 4.74 Å². The maximum absolute atomic E-state index is 12.3. The third-order valence-electron chi connectivity index (χ3n) is 3.05. The number of hydrogen-bond donors (Lipinski definition) is 0. The number of likely N-dealkylation sites (N-methyl/N-ethyl adjacent to an activating group) is 1. The molecule has 2 aromatic rings. The molecule has 0 unspecified atom stereocenters. The second-order valence-electron chi connectivity index (χ2n) is 4.78. The second kappa shape index (κ2) is 8.39. The second-order valence-corrected chi connectivity index (χ2v) is 5.81. The Hall–Kier alpha value is -2.48. The van der Waals surface area contributed by atoms with E-state index in [1.54, 1.807) is 7.05 Å². The number of para-hydroxylation sites is 1. The highest BCUT2D eigenvalue weighted by molar-refractivity contribution is 7.09. The van der Waals surface area contributed by atoms with E-state index >= 15 is 0 Å². The summed E-state index contributed by atoms with van der Waals surface area (Å²) in [6.07, 6.45) is 0. The van der Waals surface area contributed by atoms with Crippen molar-refractivity contribution < 1.29 is 27.8 Å². The minimum absolute atomic E-state index is 0.161. The van der Waals surface area contributed by atoms with Gasteiger partial charge >= 0.3 is 12.6 Å². The summed E-state index contributed by atoms with van der Waals surface area (Å²) in [5.41, 5.74) is -0.161. The molecule has 0 atom stereocenters. The van der Waals surface area contributed by atoms with E-state index in [0.717, 1.165) is 4.88 Å². The van der Waals surface area contributed by atoms with Crippen LogP contribution >= 0.6 is 11.3 Å². The molecule has 0 aliphatic carbocycles. The molecule has 1 aromatic carbocycles. The summed E-state index contributed by atoms with van der Waals surface area (Å²) in [6, 6.07) is 9.22. The lowest BCUT2D eigenvalue weighted by atomic mass is 10.2. The van der Waals surface area contributed by atoms with Crippen LogP contribution < -0.4 is 4.74 Å². The molecule has 0 saturated heterocycles. The highest BCUT2D eigenvalue weighted by atomic mass is 32.1. The van der Waals surface area contributed by atoms with Crippen molar-refractivity contribution in [2.24, 2.45) is 0 Å². The van der Waals surface area contributed by atoms with Crippen molar-refractivity contribution >= 4 is 23.2 Å². The maximum atomic E-state index is 12.3. The fourth-order valence-corrected chi connectivity index (χ4v) is 2.63. The number of ether oxygens (including phenoxy) is 2. The molecule has 0 bridgehead atoms. The molecular formula is C16H15F2NO4S. The lowest BCUT2D eigenvalue weighted by Crippen LogP contribution is -2.30. The number of esters is 1. The number of nitrogens with zero attached hydrogens (tertiary/aromatic N) is 1. The first-order valence-corrected chi connectivity index (χ1v) is 7.82. The van der Waals surface area contributed by atoms with Gasteiger partial charge in [-0.2, -0.15) is 8.78 Å². The molecular weight excluding hydrogens is 340 g/mol. The molecule has 1 aromatic heterocycles. The number of hydrogen-bond acceptors (Lipinski definition) is 5. The monoisotopic (exact) mass is 355 g/mol. The van der Waals surface area contributed by atoms with Gasteiger partial charge in [0.2, 0.25) is 0 Å². The van der Waals surface area contributed by atoms with E-state index in [2.05, 4.69) is 4.74 Å². The van der Waals surface area contributed by atoms with Crippen LogP contribution in [0.1, 0.15) is 15.2 Å². The molecule has 0 aliphatic rings. The predicted octanol–water partition coefficient (Wildman–Crippen LogP) is 3.16. The molecule has 0 N–H and O–H groups in total. The lowest BCUT2D eigenvalue weighted by molar-refractivity contribution is -0.133. The zero-order valence-corrected chi connectivity index (χ0v) is 13.6. The SMILES string of the molecule is CN(Cc1cccs1)C(=O)COC(=O)c1ccccc1OC(F)F. The fourth-order valence-electron chi connectivity index (χ4n) is 1.87. The van der Waals surface area contributed by atoms with Crippen molar-refractivity contribution in [1.29, 1.82) is 0 Å². The highest BCUT2D eigenvalue weighted by Crippen LogP contribution is 2.21. The normalized spacial score (nSPS) is 10.5. The number of thiophene rings is 1. The number of amides is 1. The quantitative estimate of drug-likeness (QED) is 0.716. The van der Waals surface area contributed by atoms with E-state index in [-0.39, 0.29) is 11.3 Å². The van der Waals surface area contributed by atoms with Gasteiger partial charge in [0.05, 0.1) is 6.54 Å². The lowest BCUT2D eigenvalue weighted by Gasteiger charge is -2.16. The smallest absolute Gasteiger partial charge is 0.387 e. The summed E-state index contributed by atoms with van der Waals surface area (Å²) in [7, 11) is 1.59. The molecule has 0 spiro atoms. The molecule has 128 valence electrons. The van der Waals surface area contributed by atoms with Crippen LogP contribution in [0, 0.1) is 0 Å². The topological polar surface area (TPSA) is 55.8 Å². The van der Waals surface area contributed by atoms with Gasteiger partial charge < -0.3 is 14.4 Å². The van der Waals surface area contributed by atoms with Crippen LogP contribution in [0.25, 0.3) is 0 Å². The van der Waals surface area contributed by atoms with E-state index in [0.29, 0.717) is 6.54 Å². The van der Waals surface area contributed by atoms with E-state index in [1.807, 2.05) is 17.5 Å². The van der Waals surface area contributed by atoms with Gasteiger partial charge in [-0.25, -0.2) is 4.79 Å². The molecule has 0 aliphatic heterocycles. The van der Waals surface area contributed by atoms with E-state index in [9.17, 15) is 18.4 Å². The fraction of sp³-hybridized carbons (Fsp3) is 0.250. The third kappa shape index (κ3) is 5.02. The van der Waals surface area contributed by atoms with Gasteiger partial charge in [0.1, 0.15) is 11.3 Å². The molecule has 2 rings (SSSR count). The van der Waals surface area contributed by atoms with Crippen molar-refractivity contribution in [2.45, 2.75) is 13.2 Å². The standard InChI is InChI=1S/C16H15F2NO4S/c1-19(9-11-5-4-8-24-11)14(20)10-22-15(21)12-6-2-3-7-13(12)23-16(17)18/h2-8,16H,9-10H2,1H3. The summed E-state index contributed by atoms with van der Waals surface area (Å²) in [4.78, 5) is 26.4. The highest BCUT2D eigenvalue weighted by Gasteiger charge is 2.18. The summed E-state index contributed by atoms with van der Waals surface area (Å²) in [5.74, 6) is -1.59. The Bertz CT molecular complexity index is 691. The van der Waals surface area contributed by atoms with Crippen molar-refractivity contribution in [1.82, 2.24) is 4.90 Å². The van der Waals surface area contributed by atoms with Gasteiger partial charge in [-0.3, -0.25) is 4.79 Å². The van der Waals surface area contributed by atoms with Crippen LogP contribution in [-0.4, -0.2) is 37.0 Å². The van der Waals surface area contributed by atoms with Gasteiger partial charge in [-0.05, 0) is 23.6 Å². The molecule has 8 heteroatoms. The molecule has 1 amide bonds. The molecule has 0 fully saturated rings. The number of carbonyl (C=O) groups excluding carboxylic acids is 2. The summed E-state index contributed by atoms with van der Waals surface area (Å²) in [6.45, 7) is -3.14. The molecule has 1 heterocycles. The molecule has 24 heavy (non-hydrogen) atoms. The van der Waals surface area contributed by atoms with Crippen LogP contribution in [0.3, 0.4) is 0 Å².